The molecule has 2 heterocycles. The van der Waals surface area contributed by atoms with Crippen molar-refractivity contribution in [3.63, 3.8) is 0 Å². The molecule has 2 aliphatic rings. The van der Waals surface area contributed by atoms with E-state index in [2.05, 4.69) is 15.0 Å². The highest BCUT2D eigenvalue weighted by Crippen LogP contribution is 2.49. The van der Waals surface area contributed by atoms with Crippen LogP contribution in [-0.4, -0.2) is 56.9 Å². The number of para-hydroxylation sites is 1. The van der Waals surface area contributed by atoms with Crippen LogP contribution in [-0.2, 0) is 14.3 Å². The summed E-state index contributed by atoms with van der Waals surface area (Å²) in [4.78, 5) is 30.9. The molecule has 0 saturated carbocycles. The molecular weight excluding hydrogens is 426 g/mol. The molecule has 0 bridgehead atoms. The van der Waals surface area contributed by atoms with Crippen molar-refractivity contribution in [1.82, 2.24) is 4.90 Å². The van der Waals surface area contributed by atoms with E-state index in [-0.39, 0.29) is 18.3 Å². The summed E-state index contributed by atoms with van der Waals surface area (Å²) in [5.41, 5.74) is 2.23. The van der Waals surface area contributed by atoms with Crippen LogP contribution < -0.4 is 22.6 Å². The molecule has 30 heavy (non-hydrogen) atoms. The summed E-state index contributed by atoms with van der Waals surface area (Å²) in [6, 6.07) is 13.4. The second-order valence-corrected chi connectivity index (χ2v) is 7.89. The van der Waals surface area contributed by atoms with Gasteiger partial charge in [-0.3, -0.25) is 19.9 Å². The van der Waals surface area contributed by atoms with E-state index in [4.69, 9.17) is 4.74 Å². The summed E-state index contributed by atoms with van der Waals surface area (Å²) in [7, 11) is 1.32. The zero-order valence-electron chi connectivity index (χ0n) is 16.6. The lowest BCUT2D eigenvalue weighted by atomic mass is 10.2. The fraction of sp³-hybridized carbons (Fsp3) is 0.333. The van der Waals surface area contributed by atoms with Gasteiger partial charge in [-0.25, -0.2) is 4.79 Å². The summed E-state index contributed by atoms with van der Waals surface area (Å²) in [6.45, 7) is 3.82. The Bertz CT molecular complexity index is 921. The largest absolute Gasteiger partial charge is 1.00 e. The van der Waals surface area contributed by atoms with Crippen LogP contribution in [0.25, 0.3) is 0 Å². The van der Waals surface area contributed by atoms with Crippen molar-refractivity contribution in [2.75, 3.05) is 50.2 Å². The molecule has 0 spiro atoms. The third-order valence-corrected chi connectivity index (χ3v) is 6.08. The minimum absolute atomic E-state index is 0. The van der Waals surface area contributed by atoms with Crippen LogP contribution in [0.15, 0.2) is 52.3 Å². The van der Waals surface area contributed by atoms with Gasteiger partial charge in [0.05, 0.1) is 31.7 Å². The number of benzene rings is 2. The average molecular weight is 449 g/mol. The number of methoxy groups -OCH3 is 1. The third kappa shape index (κ3) is 4.89. The van der Waals surface area contributed by atoms with E-state index in [1.54, 1.807) is 16.7 Å². The van der Waals surface area contributed by atoms with E-state index in [0.717, 1.165) is 34.3 Å². The maximum absolute atomic E-state index is 13.3. The Balaban J connectivity index is 0.00000256. The molecule has 0 radical (unpaired) electrons. The molecule has 1 fully saturated rings. The monoisotopic (exact) mass is 448 g/mol. The molecule has 1 N–H and O–H groups in total. The van der Waals surface area contributed by atoms with Crippen LogP contribution in [0.1, 0.15) is 6.42 Å². The van der Waals surface area contributed by atoms with Gasteiger partial charge >= 0.3 is 6.09 Å². The number of halogens is 1. The second-order valence-electron chi connectivity index (χ2n) is 6.80. The molecule has 2 aromatic carbocycles. The Kier molecular flexibility index (Phi) is 7.60. The normalized spacial score (nSPS) is 15.4. The van der Waals surface area contributed by atoms with Gasteiger partial charge in [-0.15, -0.1) is 0 Å². The predicted molar refractivity (Wildman–Crippen MR) is 112 cm³/mol. The number of anilines is 3. The predicted octanol–water partition coefficient (Wildman–Crippen LogP) is 0.721. The molecule has 160 valence electrons. The molecule has 0 aliphatic carbocycles. The van der Waals surface area contributed by atoms with Crippen LogP contribution in [0.4, 0.5) is 21.9 Å². The zero-order valence-corrected chi connectivity index (χ0v) is 18.2. The van der Waals surface area contributed by atoms with Crippen molar-refractivity contribution in [3.05, 3.63) is 42.5 Å². The maximum atomic E-state index is 13.3. The topological polar surface area (TPSA) is 71.1 Å². The first-order valence-electron chi connectivity index (χ1n) is 9.54. The lowest BCUT2D eigenvalue weighted by molar-refractivity contribution is -0.118. The van der Waals surface area contributed by atoms with Gasteiger partial charge in [-0.1, -0.05) is 23.9 Å². The summed E-state index contributed by atoms with van der Waals surface area (Å²) in [5, 5.41) is 2.68. The number of carbonyl (C=O) groups is 2. The lowest BCUT2D eigenvalue weighted by Gasteiger charge is -2.32. The number of rotatable bonds is 4. The number of carbonyl (C=O) groups excluding carboxylic acids is 2. The van der Waals surface area contributed by atoms with Crippen molar-refractivity contribution in [2.45, 2.75) is 16.2 Å². The number of fused-ring (bicyclic) bond motifs is 2. The van der Waals surface area contributed by atoms with Crippen LogP contribution in [0, 0.1) is 0 Å². The number of ether oxygens (including phenoxy) is 2. The van der Waals surface area contributed by atoms with Crippen LogP contribution in [0.5, 0.6) is 0 Å². The minimum atomic E-state index is -0.543. The third-order valence-electron chi connectivity index (χ3n) is 4.95. The Labute approximate surface area is 186 Å². The number of hydrogen-bond donors (Lipinski definition) is 1. The van der Waals surface area contributed by atoms with Crippen molar-refractivity contribution in [1.29, 1.82) is 0 Å². The van der Waals surface area contributed by atoms with Gasteiger partial charge in [0, 0.05) is 41.5 Å². The van der Waals surface area contributed by atoms with E-state index in [9.17, 15) is 9.59 Å². The Morgan fingerprint density at radius 1 is 1.10 bits per heavy atom. The Hall–Kier alpha value is -2.26. The molecule has 0 atom stereocenters. The summed E-state index contributed by atoms with van der Waals surface area (Å²) in [6.07, 6.45) is -0.133. The van der Waals surface area contributed by atoms with Gasteiger partial charge in [-0.2, -0.15) is 0 Å². The second kappa shape index (κ2) is 10.2. The van der Waals surface area contributed by atoms with Gasteiger partial charge in [0.1, 0.15) is 0 Å². The number of nitrogens with one attached hydrogen (secondary N) is 1. The van der Waals surface area contributed by atoms with Gasteiger partial charge in [-0.05, 0) is 30.3 Å². The maximum Gasteiger partial charge on any atom is 0.411 e. The average Bonchev–Trinajstić information content (AvgIpc) is 2.76. The summed E-state index contributed by atoms with van der Waals surface area (Å²) in [5.74, 6) is 0.0284. The molecule has 2 aromatic rings. The van der Waals surface area contributed by atoms with E-state index in [1.807, 2.05) is 42.5 Å². The van der Waals surface area contributed by atoms with Crippen LogP contribution >= 0.6 is 11.8 Å². The summed E-state index contributed by atoms with van der Waals surface area (Å²) < 4.78 is 10.1. The van der Waals surface area contributed by atoms with E-state index >= 15 is 0 Å². The number of nitrogens with zero attached hydrogens (tertiary/aromatic N) is 2. The fourth-order valence-corrected chi connectivity index (χ4v) is 4.50. The Morgan fingerprint density at radius 2 is 1.83 bits per heavy atom. The van der Waals surface area contributed by atoms with Gasteiger partial charge < -0.3 is 21.9 Å². The number of hydrogen-bond acceptors (Lipinski definition) is 6. The van der Waals surface area contributed by atoms with Crippen molar-refractivity contribution in [3.8, 4) is 0 Å². The van der Waals surface area contributed by atoms with Gasteiger partial charge in [0.15, 0.2) is 0 Å². The number of amides is 2. The van der Waals surface area contributed by atoms with Crippen LogP contribution in [0.2, 0.25) is 0 Å². The molecule has 4 rings (SSSR count). The number of morpholine rings is 1. The quantitative estimate of drug-likeness (QED) is 0.743. The summed E-state index contributed by atoms with van der Waals surface area (Å²) >= 11 is 1.62. The molecular formula is C21H23ClN3O4S-. The minimum Gasteiger partial charge on any atom is -1.00 e. The molecule has 2 amide bonds. The molecule has 1 saturated heterocycles. The SMILES string of the molecule is COC(=O)Nc1ccc2c(c1)N(C(=O)CCN1CCOCC1)c1ccccc1S2.[Cl-]. The van der Waals surface area contributed by atoms with Crippen molar-refractivity contribution in [2.24, 2.45) is 0 Å². The highest BCUT2D eigenvalue weighted by atomic mass is 35.5. The zero-order chi connectivity index (χ0) is 20.2. The highest BCUT2D eigenvalue weighted by molar-refractivity contribution is 7.99. The fourth-order valence-electron chi connectivity index (χ4n) is 3.46. The molecule has 7 nitrogen and oxygen atoms in total. The van der Waals surface area contributed by atoms with Crippen molar-refractivity contribution < 1.29 is 31.5 Å². The first-order valence-corrected chi connectivity index (χ1v) is 10.4. The lowest BCUT2D eigenvalue weighted by Crippen LogP contribution is -3.00. The first kappa shape index (κ1) is 22.4. The van der Waals surface area contributed by atoms with Crippen LogP contribution in [0.3, 0.4) is 0 Å². The van der Waals surface area contributed by atoms with E-state index < -0.39 is 6.09 Å². The molecule has 0 unspecified atom stereocenters. The smallest absolute Gasteiger partial charge is 0.411 e. The highest BCUT2D eigenvalue weighted by Gasteiger charge is 2.28. The standard InChI is InChI=1S/C21H23N3O4S.ClH/c1-27-21(26)22-15-6-7-19-17(14-15)24(16-4-2-3-5-18(16)29-19)20(25)8-9-23-10-12-28-13-11-23;/h2-7,14H,8-13H2,1H3,(H,22,26);1H/p-1. The van der Waals surface area contributed by atoms with Crippen molar-refractivity contribution >= 4 is 40.8 Å². The van der Waals surface area contributed by atoms with E-state index in [0.29, 0.717) is 31.9 Å². The Morgan fingerprint density at radius 3 is 2.60 bits per heavy atom. The first-order chi connectivity index (χ1) is 14.2. The van der Waals surface area contributed by atoms with E-state index in [1.165, 1.54) is 7.11 Å². The van der Waals surface area contributed by atoms with Gasteiger partial charge in [0.2, 0.25) is 5.91 Å². The molecule has 0 aromatic heterocycles. The molecule has 9 heteroatoms. The van der Waals surface area contributed by atoms with Gasteiger partial charge in [0.25, 0.3) is 0 Å². The molecule has 2 aliphatic heterocycles.